The van der Waals surface area contributed by atoms with Gasteiger partial charge < -0.3 is 9.47 Å². The van der Waals surface area contributed by atoms with Gasteiger partial charge in [0, 0.05) is 6.07 Å². The summed E-state index contributed by atoms with van der Waals surface area (Å²) in [5.74, 6) is 1.32. The molecule has 6 heteroatoms. The van der Waals surface area contributed by atoms with Gasteiger partial charge in [-0.1, -0.05) is 6.07 Å². The Bertz CT molecular complexity index is 329. The molecule has 0 bridgehead atoms. The highest BCUT2D eigenvalue weighted by Crippen LogP contribution is 2.23. The molecule has 1 rings (SSSR count). The van der Waals surface area contributed by atoms with Crippen molar-refractivity contribution in [3.05, 3.63) is 24.3 Å². The topological polar surface area (TPSA) is 70.5 Å². The van der Waals surface area contributed by atoms with Gasteiger partial charge in [0.15, 0.2) is 11.4 Å². The van der Waals surface area contributed by atoms with Crippen LogP contribution in [-0.4, -0.2) is 11.4 Å². The molecule has 1 aromatic carbocycles. The van der Waals surface area contributed by atoms with E-state index in [1.807, 2.05) is 18.2 Å². The van der Waals surface area contributed by atoms with Crippen LogP contribution in [0, 0.1) is 0 Å². The summed E-state index contributed by atoms with van der Waals surface area (Å²) in [6.45, 7) is 7.14. The van der Waals surface area contributed by atoms with Gasteiger partial charge in [0.25, 0.3) is 0 Å². The molecule has 1 aromatic rings. The Morgan fingerprint density at radius 2 is 1.17 bits per heavy atom. The monoisotopic (exact) mass is 296 g/mol. The van der Waals surface area contributed by atoms with Crippen LogP contribution in [0.5, 0.6) is 11.5 Å². The van der Waals surface area contributed by atoms with E-state index in [0.29, 0.717) is 11.5 Å². The zero-order chi connectivity index (χ0) is 12.4. The SMILES string of the molecule is CC(C)(N)Oc1cccc(OC(C)(C)N)c1.Cl.Cl. The highest BCUT2D eigenvalue weighted by Gasteiger charge is 2.15. The van der Waals surface area contributed by atoms with Gasteiger partial charge in [0.2, 0.25) is 0 Å². The summed E-state index contributed by atoms with van der Waals surface area (Å²) in [6.07, 6.45) is 0. The van der Waals surface area contributed by atoms with E-state index in [2.05, 4.69) is 0 Å². The molecule has 0 saturated heterocycles. The van der Waals surface area contributed by atoms with Crippen molar-refractivity contribution >= 4 is 24.8 Å². The van der Waals surface area contributed by atoms with Gasteiger partial charge in [-0.05, 0) is 39.8 Å². The maximum atomic E-state index is 5.76. The summed E-state index contributed by atoms with van der Waals surface area (Å²) in [7, 11) is 0. The molecule has 4 N–H and O–H groups in total. The first-order chi connectivity index (χ1) is 7.16. The Kier molecular flexibility index (Phi) is 7.69. The quantitative estimate of drug-likeness (QED) is 0.838. The molecule has 0 heterocycles. The van der Waals surface area contributed by atoms with E-state index < -0.39 is 11.4 Å². The van der Waals surface area contributed by atoms with Gasteiger partial charge in [-0.15, -0.1) is 24.8 Å². The average Bonchev–Trinajstić information content (AvgIpc) is 1.96. The molecule has 106 valence electrons. The van der Waals surface area contributed by atoms with Crippen LogP contribution in [0.1, 0.15) is 27.7 Å². The van der Waals surface area contributed by atoms with Crippen LogP contribution >= 0.6 is 24.8 Å². The maximum Gasteiger partial charge on any atom is 0.152 e. The Balaban J connectivity index is 0. The fraction of sp³-hybridized carbons (Fsp3) is 0.500. The molecule has 0 aliphatic rings. The molecule has 0 spiro atoms. The standard InChI is InChI=1S/C12H20N2O2.2ClH/c1-11(2,13)15-9-6-5-7-10(8-9)16-12(3,4)14;;/h5-8H,13-14H2,1-4H3;2*1H. The summed E-state index contributed by atoms with van der Waals surface area (Å²) >= 11 is 0. The first-order valence-electron chi connectivity index (χ1n) is 5.22. The minimum atomic E-state index is -0.711. The van der Waals surface area contributed by atoms with Crippen molar-refractivity contribution < 1.29 is 9.47 Å². The number of hydrogen-bond donors (Lipinski definition) is 2. The number of benzene rings is 1. The molecule has 0 amide bonds. The predicted octanol–water partition coefficient (Wildman–Crippen LogP) is 2.68. The first kappa shape index (κ1) is 19.7. The highest BCUT2D eigenvalue weighted by atomic mass is 35.5. The van der Waals surface area contributed by atoms with Crippen LogP contribution in [0.4, 0.5) is 0 Å². The maximum absolute atomic E-state index is 5.76. The second kappa shape index (κ2) is 7.04. The van der Waals surface area contributed by atoms with E-state index in [0.717, 1.165) is 0 Å². The molecule has 0 atom stereocenters. The zero-order valence-corrected chi connectivity index (χ0v) is 12.7. The van der Waals surface area contributed by atoms with E-state index in [1.165, 1.54) is 0 Å². The highest BCUT2D eigenvalue weighted by molar-refractivity contribution is 5.85. The third kappa shape index (κ3) is 8.42. The minimum absolute atomic E-state index is 0. The summed E-state index contributed by atoms with van der Waals surface area (Å²) < 4.78 is 11.0. The van der Waals surface area contributed by atoms with Gasteiger partial charge >= 0.3 is 0 Å². The van der Waals surface area contributed by atoms with Crippen LogP contribution in [0.15, 0.2) is 24.3 Å². The summed E-state index contributed by atoms with van der Waals surface area (Å²) in [5, 5.41) is 0. The molecule has 0 unspecified atom stereocenters. The zero-order valence-electron chi connectivity index (χ0n) is 11.1. The third-order valence-corrected chi connectivity index (χ3v) is 1.57. The number of rotatable bonds is 4. The molecular weight excluding hydrogens is 275 g/mol. The smallest absolute Gasteiger partial charge is 0.152 e. The molecule has 0 aliphatic carbocycles. The van der Waals surface area contributed by atoms with Crippen molar-refractivity contribution in [2.24, 2.45) is 11.5 Å². The fourth-order valence-electron chi connectivity index (χ4n) is 1.21. The van der Waals surface area contributed by atoms with Crippen LogP contribution in [0.25, 0.3) is 0 Å². The number of nitrogens with two attached hydrogens (primary N) is 2. The van der Waals surface area contributed by atoms with Crippen LogP contribution in [0.3, 0.4) is 0 Å². The van der Waals surface area contributed by atoms with Crippen molar-refractivity contribution in [3.63, 3.8) is 0 Å². The lowest BCUT2D eigenvalue weighted by Crippen LogP contribution is -2.39. The van der Waals surface area contributed by atoms with E-state index >= 15 is 0 Å². The van der Waals surface area contributed by atoms with E-state index in [1.54, 1.807) is 33.8 Å². The average molecular weight is 297 g/mol. The van der Waals surface area contributed by atoms with Gasteiger partial charge in [-0.3, -0.25) is 11.5 Å². The van der Waals surface area contributed by atoms with Crippen LogP contribution < -0.4 is 20.9 Å². The fourth-order valence-corrected chi connectivity index (χ4v) is 1.21. The molecule has 4 nitrogen and oxygen atoms in total. The van der Waals surface area contributed by atoms with Crippen LogP contribution in [0.2, 0.25) is 0 Å². The number of halogens is 2. The molecule has 0 aromatic heterocycles. The lowest BCUT2D eigenvalue weighted by atomic mass is 10.3. The third-order valence-electron chi connectivity index (χ3n) is 1.57. The van der Waals surface area contributed by atoms with Gasteiger partial charge in [-0.25, -0.2) is 0 Å². The summed E-state index contributed by atoms with van der Waals surface area (Å²) in [6, 6.07) is 7.25. The van der Waals surface area contributed by atoms with Crippen molar-refractivity contribution in [1.29, 1.82) is 0 Å². The normalized spacial score (nSPS) is 11.0. The largest absolute Gasteiger partial charge is 0.473 e. The van der Waals surface area contributed by atoms with Gasteiger partial charge in [0.05, 0.1) is 0 Å². The number of ether oxygens (including phenoxy) is 2. The second-order valence-electron chi connectivity index (χ2n) is 4.89. The second-order valence-corrected chi connectivity index (χ2v) is 4.89. The molecule has 18 heavy (non-hydrogen) atoms. The lowest BCUT2D eigenvalue weighted by Gasteiger charge is -2.23. The van der Waals surface area contributed by atoms with Crippen molar-refractivity contribution in [2.75, 3.05) is 0 Å². The van der Waals surface area contributed by atoms with Crippen molar-refractivity contribution in [2.45, 2.75) is 39.1 Å². The summed E-state index contributed by atoms with van der Waals surface area (Å²) in [4.78, 5) is 0. The first-order valence-corrected chi connectivity index (χ1v) is 5.22. The molecule has 0 aliphatic heterocycles. The predicted molar refractivity (Wildman–Crippen MR) is 78.7 cm³/mol. The summed E-state index contributed by atoms with van der Waals surface area (Å²) in [5.41, 5.74) is 10.1. The Morgan fingerprint density at radius 3 is 1.44 bits per heavy atom. The van der Waals surface area contributed by atoms with Gasteiger partial charge in [0.1, 0.15) is 11.5 Å². The molecule has 0 saturated carbocycles. The molecule has 0 radical (unpaired) electrons. The van der Waals surface area contributed by atoms with Crippen molar-refractivity contribution in [3.8, 4) is 11.5 Å². The van der Waals surface area contributed by atoms with Gasteiger partial charge in [-0.2, -0.15) is 0 Å². The van der Waals surface area contributed by atoms with Crippen molar-refractivity contribution in [1.82, 2.24) is 0 Å². The van der Waals surface area contributed by atoms with E-state index in [9.17, 15) is 0 Å². The Morgan fingerprint density at radius 1 is 0.833 bits per heavy atom. The molecule has 0 fully saturated rings. The van der Waals surface area contributed by atoms with E-state index in [-0.39, 0.29) is 24.8 Å². The molecular formula is C12H22Cl2N2O2. The minimum Gasteiger partial charge on any atom is -0.473 e. The number of hydrogen-bond acceptors (Lipinski definition) is 4. The van der Waals surface area contributed by atoms with Crippen LogP contribution in [-0.2, 0) is 0 Å². The Labute approximate surface area is 121 Å². The van der Waals surface area contributed by atoms with E-state index in [4.69, 9.17) is 20.9 Å². The Hall–Kier alpha value is -0.680. The lowest BCUT2D eigenvalue weighted by molar-refractivity contribution is 0.108.